The molecule has 0 saturated carbocycles. The largest absolute Gasteiger partial charge is 0.494 e. The van der Waals surface area contributed by atoms with Gasteiger partial charge in [0.2, 0.25) is 0 Å². The lowest BCUT2D eigenvalue weighted by Gasteiger charge is -2.21. The molecule has 33 heavy (non-hydrogen) atoms. The van der Waals surface area contributed by atoms with Gasteiger partial charge in [-0.25, -0.2) is 0 Å². The van der Waals surface area contributed by atoms with Gasteiger partial charge in [-0.15, -0.1) is 0 Å². The molecule has 0 N–H and O–H groups in total. The van der Waals surface area contributed by atoms with Crippen LogP contribution in [0.25, 0.3) is 5.57 Å². The molecular weight excluding hydrogens is 416 g/mol. The van der Waals surface area contributed by atoms with E-state index in [2.05, 4.69) is 13.8 Å². The lowest BCUT2D eigenvalue weighted by Crippen LogP contribution is -2.35. The number of benzene rings is 2. The summed E-state index contributed by atoms with van der Waals surface area (Å²) in [5, 5.41) is 0. The third-order valence-electron chi connectivity index (χ3n) is 5.55. The van der Waals surface area contributed by atoms with Crippen LogP contribution >= 0.6 is 0 Å². The number of carbonyl (C=O) groups is 2. The number of amides is 2. The highest BCUT2D eigenvalue weighted by Gasteiger charge is 2.40. The molecule has 0 aliphatic carbocycles. The number of unbranched alkanes of at least 4 members (excludes halogenated alkanes) is 1. The standard InChI is InChI=1S/C27H34N2O4/c1-4-6-19-32-20-10-17-29-26(30)24(21-13-15-23(16-14-21)33-18-5-2)25(27(29)31)28(3)22-11-8-7-9-12-22/h7-9,11-16H,4-6,10,17-20H2,1-3H3. The molecule has 1 aliphatic heterocycles. The summed E-state index contributed by atoms with van der Waals surface area (Å²) < 4.78 is 11.3. The lowest BCUT2D eigenvalue weighted by atomic mass is 10.0. The Morgan fingerprint density at radius 2 is 1.52 bits per heavy atom. The Hall–Kier alpha value is -3.12. The number of hydrogen-bond donors (Lipinski definition) is 0. The fourth-order valence-corrected chi connectivity index (χ4v) is 3.73. The summed E-state index contributed by atoms with van der Waals surface area (Å²) in [7, 11) is 1.83. The summed E-state index contributed by atoms with van der Waals surface area (Å²) in [6.45, 7) is 6.37. The molecule has 6 heteroatoms. The van der Waals surface area contributed by atoms with Gasteiger partial charge in [0.1, 0.15) is 11.4 Å². The van der Waals surface area contributed by atoms with Gasteiger partial charge < -0.3 is 14.4 Å². The SMILES string of the molecule is CCCCOCCCN1C(=O)C(c2ccc(OCCC)cc2)=C(N(C)c2ccccc2)C1=O. The van der Waals surface area contributed by atoms with Gasteiger partial charge in [-0.2, -0.15) is 0 Å². The van der Waals surface area contributed by atoms with Crippen molar-refractivity contribution in [1.82, 2.24) is 4.90 Å². The van der Waals surface area contributed by atoms with Gasteiger partial charge in [-0.05, 0) is 49.1 Å². The number of ether oxygens (including phenoxy) is 2. The van der Waals surface area contributed by atoms with Crippen molar-refractivity contribution in [2.75, 3.05) is 38.3 Å². The predicted molar refractivity (Wildman–Crippen MR) is 131 cm³/mol. The summed E-state index contributed by atoms with van der Waals surface area (Å²) in [4.78, 5) is 30.0. The molecule has 6 nitrogen and oxygen atoms in total. The second-order valence-electron chi connectivity index (χ2n) is 8.07. The molecule has 0 saturated heterocycles. The van der Waals surface area contributed by atoms with Crippen LogP contribution in [-0.2, 0) is 14.3 Å². The van der Waals surface area contributed by atoms with Crippen LogP contribution in [0.1, 0.15) is 45.1 Å². The summed E-state index contributed by atoms with van der Waals surface area (Å²) in [5.74, 6) is 0.201. The van der Waals surface area contributed by atoms with E-state index in [0.29, 0.717) is 49.6 Å². The predicted octanol–water partition coefficient (Wildman–Crippen LogP) is 4.90. The molecule has 1 heterocycles. The first kappa shape index (κ1) is 24.5. The van der Waals surface area contributed by atoms with Crippen molar-refractivity contribution < 1.29 is 19.1 Å². The van der Waals surface area contributed by atoms with Crippen molar-refractivity contribution in [3.8, 4) is 5.75 Å². The number of likely N-dealkylation sites (N-methyl/N-ethyl adjacent to an activating group) is 1. The molecule has 0 radical (unpaired) electrons. The Bertz CT molecular complexity index is 954. The fraction of sp³-hybridized carbons (Fsp3) is 0.407. The molecule has 0 bridgehead atoms. The average molecular weight is 451 g/mol. The summed E-state index contributed by atoms with van der Waals surface area (Å²) in [6.07, 6.45) is 3.62. The monoisotopic (exact) mass is 450 g/mol. The van der Waals surface area contributed by atoms with Crippen LogP contribution in [0.4, 0.5) is 5.69 Å². The number of carbonyl (C=O) groups excluding carboxylic acids is 2. The molecule has 2 amide bonds. The number of anilines is 1. The number of para-hydroxylation sites is 1. The summed E-state index contributed by atoms with van der Waals surface area (Å²) >= 11 is 0. The highest BCUT2D eigenvalue weighted by molar-refractivity contribution is 6.36. The van der Waals surface area contributed by atoms with E-state index in [1.807, 2.05) is 61.6 Å². The first-order valence-electron chi connectivity index (χ1n) is 11.8. The van der Waals surface area contributed by atoms with Crippen LogP contribution < -0.4 is 9.64 Å². The molecule has 0 aromatic heterocycles. The van der Waals surface area contributed by atoms with Crippen LogP contribution in [0.3, 0.4) is 0 Å². The zero-order valence-corrected chi connectivity index (χ0v) is 19.9. The van der Waals surface area contributed by atoms with Gasteiger partial charge >= 0.3 is 0 Å². The molecule has 176 valence electrons. The number of imide groups is 1. The van der Waals surface area contributed by atoms with E-state index in [9.17, 15) is 9.59 Å². The number of nitrogens with zero attached hydrogens (tertiary/aromatic N) is 2. The van der Waals surface area contributed by atoms with Gasteiger partial charge in [0.15, 0.2) is 0 Å². The van der Waals surface area contributed by atoms with E-state index in [4.69, 9.17) is 9.47 Å². The van der Waals surface area contributed by atoms with Crippen LogP contribution in [0, 0.1) is 0 Å². The normalized spacial score (nSPS) is 13.7. The van der Waals surface area contributed by atoms with Crippen molar-refractivity contribution >= 4 is 23.1 Å². The summed E-state index contributed by atoms with van der Waals surface area (Å²) in [5.41, 5.74) is 2.36. The maximum atomic E-state index is 13.4. The first-order chi connectivity index (χ1) is 16.1. The molecule has 2 aromatic carbocycles. The smallest absolute Gasteiger partial charge is 0.278 e. The zero-order chi connectivity index (χ0) is 23.6. The second-order valence-corrected chi connectivity index (χ2v) is 8.07. The minimum Gasteiger partial charge on any atom is -0.494 e. The van der Waals surface area contributed by atoms with Crippen molar-refractivity contribution in [3.05, 3.63) is 65.9 Å². The molecule has 1 aliphatic rings. The quantitative estimate of drug-likeness (QED) is 0.321. The van der Waals surface area contributed by atoms with E-state index in [-0.39, 0.29) is 11.8 Å². The molecule has 3 rings (SSSR count). The third-order valence-corrected chi connectivity index (χ3v) is 5.55. The van der Waals surface area contributed by atoms with Crippen LogP contribution in [0.2, 0.25) is 0 Å². The van der Waals surface area contributed by atoms with E-state index >= 15 is 0 Å². The average Bonchev–Trinajstić information content (AvgIpc) is 3.10. The van der Waals surface area contributed by atoms with Crippen LogP contribution in [0.15, 0.2) is 60.3 Å². The van der Waals surface area contributed by atoms with E-state index in [1.165, 1.54) is 4.90 Å². The fourth-order valence-electron chi connectivity index (χ4n) is 3.73. The van der Waals surface area contributed by atoms with E-state index < -0.39 is 0 Å². The van der Waals surface area contributed by atoms with Crippen molar-refractivity contribution in [2.24, 2.45) is 0 Å². The Labute approximate surface area is 196 Å². The Morgan fingerprint density at radius 3 is 2.18 bits per heavy atom. The van der Waals surface area contributed by atoms with Crippen molar-refractivity contribution in [1.29, 1.82) is 0 Å². The third kappa shape index (κ3) is 6.02. The van der Waals surface area contributed by atoms with Crippen molar-refractivity contribution in [3.63, 3.8) is 0 Å². The van der Waals surface area contributed by atoms with Crippen LogP contribution in [0.5, 0.6) is 5.75 Å². The van der Waals surface area contributed by atoms with Gasteiger partial charge in [-0.3, -0.25) is 14.5 Å². The Balaban J connectivity index is 1.86. The molecular formula is C27H34N2O4. The van der Waals surface area contributed by atoms with Crippen LogP contribution in [-0.4, -0.2) is 50.1 Å². The molecule has 2 aromatic rings. The molecule has 0 unspecified atom stereocenters. The minimum absolute atomic E-state index is 0.270. The molecule has 0 spiro atoms. The van der Waals surface area contributed by atoms with Gasteiger partial charge in [0, 0.05) is 32.5 Å². The van der Waals surface area contributed by atoms with Crippen molar-refractivity contribution in [2.45, 2.75) is 39.5 Å². The van der Waals surface area contributed by atoms with E-state index in [0.717, 1.165) is 30.7 Å². The molecule has 0 fully saturated rings. The highest BCUT2D eigenvalue weighted by Crippen LogP contribution is 2.34. The minimum atomic E-state index is -0.277. The topological polar surface area (TPSA) is 59.1 Å². The lowest BCUT2D eigenvalue weighted by molar-refractivity contribution is -0.137. The van der Waals surface area contributed by atoms with Gasteiger partial charge in [0.25, 0.3) is 11.8 Å². The highest BCUT2D eigenvalue weighted by atomic mass is 16.5. The number of hydrogen-bond acceptors (Lipinski definition) is 5. The van der Waals surface area contributed by atoms with E-state index in [1.54, 1.807) is 4.90 Å². The Kier molecular flexibility index (Phi) is 9.07. The maximum absolute atomic E-state index is 13.4. The zero-order valence-electron chi connectivity index (χ0n) is 19.9. The molecule has 0 atom stereocenters. The summed E-state index contributed by atoms with van der Waals surface area (Å²) in [6, 6.07) is 17.0. The number of rotatable bonds is 13. The first-order valence-corrected chi connectivity index (χ1v) is 11.8. The van der Waals surface area contributed by atoms with Gasteiger partial charge in [0.05, 0.1) is 12.2 Å². The second kappa shape index (κ2) is 12.2. The van der Waals surface area contributed by atoms with Gasteiger partial charge in [-0.1, -0.05) is 50.6 Å². The maximum Gasteiger partial charge on any atom is 0.278 e. The Morgan fingerprint density at radius 1 is 0.818 bits per heavy atom.